The largest absolute Gasteiger partial charge is 0.299 e. The molecule has 0 atom stereocenters. The second-order valence-electron chi connectivity index (χ2n) is 7.04. The van der Waals surface area contributed by atoms with Crippen LogP contribution in [-0.2, 0) is 23.0 Å². The van der Waals surface area contributed by atoms with Crippen LogP contribution in [0.25, 0.3) is 0 Å². The summed E-state index contributed by atoms with van der Waals surface area (Å²) in [5, 5.41) is 10.9. The minimum absolute atomic E-state index is 0.0733. The third-order valence-corrected chi connectivity index (χ3v) is 7.34. The van der Waals surface area contributed by atoms with Crippen LogP contribution in [-0.4, -0.2) is 37.9 Å². The average molecular weight is 504 g/mol. The van der Waals surface area contributed by atoms with E-state index in [0.29, 0.717) is 32.0 Å². The number of nitrogens with zero attached hydrogens (tertiary/aromatic N) is 2. The molecule has 162 valence electrons. The van der Waals surface area contributed by atoms with Gasteiger partial charge in [0, 0.05) is 42.3 Å². The lowest BCUT2D eigenvalue weighted by Crippen LogP contribution is -2.32. The monoisotopic (exact) mass is 503 g/mol. The fraction of sp³-hybridized carbons (Fsp3) is 0.368. The van der Waals surface area contributed by atoms with Gasteiger partial charge in [0.2, 0.25) is 10.0 Å². The normalized spacial score (nSPS) is 14.5. The summed E-state index contributed by atoms with van der Waals surface area (Å²) in [4.78, 5) is 12.1. The molecule has 1 N–H and O–H groups in total. The number of hydrogen-bond donors (Lipinski definition) is 1. The lowest BCUT2D eigenvalue weighted by atomic mass is 9.99. The lowest BCUT2D eigenvalue weighted by molar-refractivity contribution is -0.385. The van der Waals surface area contributed by atoms with Crippen molar-refractivity contribution in [1.82, 2.24) is 9.62 Å². The predicted molar refractivity (Wildman–Crippen MR) is 111 cm³/mol. The molecule has 0 unspecified atom stereocenters. The maximum atomic E-state index is 13.9. The highest BCUT2D eigenvalue weighted by molar-refractivity contribution is 9.10. The number of nitro benzene ring substituents is 1. The van der Waals surface area contributed by atoms with Crippen LogP contribution in [0.3, 0.4) is 0 Å². The number of unbranched alkanes of at least 4 members (excludes halogenated alkanes) is 1. The van der Waals surface area contributed by atoms with Gasteiger partial charge in [0.25, 0.3) is 5.69 Å². The van der Waals surface area contributed by atoms with Crippen molar-refractivity contribution in [2.75, 3.05) is 19.6 Å². The number of fused-ring (bicyclic) bond motifs is 1. The third-order valence-electron chi connectivity index (χ3n) is 4.92. The summed E-state index contributed by atoms with van der Waals surface area (Å²) in [5.74, 6) is -2.03. The molecule has 0 saturated carbocycles. The molecule has 1 heterocycles. The Bertz CT molecular complexity index is 1040. The summed E-state index contributed by atoms with van der Waals surface area (Å²) in [5.41, 5.74) is 2.12. The molecule has 0 aliphatic carbocycles. The van der Waals surface area contributed by atoms with Gasteiger partial charge in [0.1, 0.15) is 16.5 Å². The third kappa shape index (κ3) is 5.39. The summed E-state index contributed by atoms with van der Waals surface area (Å²) in [7, 11) is -4.11. The van der Waals surface area contributed by atoms with E-state index in [1.807, 2.05) is 0 Å². The van der Waals surface area contributed by atoms with Crippen molar-refractivity contribution in [2.24, 2.45) is 0 Å². The van der Waals surface area contributed by atoms with E-state index in [9.17, 15) is 27.3 Å². The molecule has 2 aromatic carbocycles. The summed E-state index contributed by atoms with van der Waals surface area (Å²) < 4.78 is 53.8. The van der Waals surface area contributed by atoms with E-state index in [4.69, 9.17) is 0 Å². The second kappa shape index (κ2) is 9.46. The summed E-state index contributed by atoms with van der Waals surface area (Å²) >= 11 is 2.89. The summed E-state index contributed by atoms with van der Waals surface area (Å²) in [6.45, 7) is 2.25. The molecule has 1 aliphatic heterocycles. The van der Waals surface area contributed by atoms with Gasteiger partial charge in [-0.2, -0.15) is 0 Å². The van der Waals surface area contributed by atoms with Crippen molar-refractivity contribution < 1.29 is 22.1 Å². The molecule has 2 aromatic rings. The quantitative estimate of drug-likeness (QED) is 0.336. The fourth-order valence-electron chi connectivity index (χ4n) is 3.43. The number of nitro groups is 1. The molecule has 0 saturated heterocycles. The van der Waals surface area contributed by atoms with E-state index < -0.39 is 31.5 Å². The zero-order valence-electron chi connectivity index (χ0n) is 15.9. The summed E-state index contributed by atoms with van der Waals surface area (Å²) in [6.07, 6.45) is 2.02. The minimum Gasteiger partial charge on any atom is -0.299 e. The van der Waals surface area contributed by atoms with Crippen LogP contribution in [0.4, 0.5) is 14.5 Å². The first kappa shape index (κ1) is 22.7. The Morgan fingerprint density at radius 1 is 1.17 bits per heavy atom. The van der Waals surface area contributed by atoms with Gasteiger partial charge in [-0.05, 0) is 58.9 Å². The number of nitrogens with one attached hydrogen (secondary N) is 1. The standard InChI is InChI=1S/C19H20BrF2N3O4S/c20-17-10-15(21)11-18(22)19(17)30(28,29)23-6-1-2-7-24-8-5-13-3-4-16(25(26)27)9-14(13)12-24/h3-4,9-11,23H,1-2,5-8,12H2. The SMILES string of the molecule is O=[N+]([O-])c1ccc2c(c1)CN(CCCCNS(=O)(=O)c1c(F)cc(F)cc1Br)CC2. The molecule has 0 amide bonds. The van der Waals surface area contributed by atoms with Gasteiger partial charge < -0.3 is 0 Å². The smallest absolute Gasteiger partial charge is 0.269 e. The molecule has 30 heavy (non-hydrogen) atoms. The molecule has 11 heteroatoms. The lowest BCUT2D eigenvalue weighted by Gasteiger charge is -2.28. The number of benzene rings is 2. The zero-order chi connectivity index (χ0) is 21.9. The molecule has 7 nitrogen and oxygen atoms in total. The average Bonchev–Trinajstić information content (AvgIpc) is 2.65. The first-order valence-corrected chi connectivity index (χ1v) is 11.6. The van der Waals surface area contributed by atoms with Crippen LogP contribution >= 0.6 is 15.9 Å². The zero-order valence-corrected chi connectivity index (χ0v) is 18.3. The summed E-state index contributed by atoms with van der Waals surface area (Å²) in [6, 6.07) is 6.34. The van der Waals surface area contributed by atoms with Gasteiger partial charge in [0.05, 0.1) is 4.92 Å². The minimum atomic E-state index is -4.11. The van der Waals surface area contributed by atoms with E-state index in [0.717, 1.165) is 30.2 Å². The predicted octanol–water partition coefficient (Wildman–Crippen LogP) is 3.75. The molecule has 0 radical (unpaired) electrons. The van der Waals surface area contributed by atoms with E-state index in [2.05, 4.69) is 25.6 Å². The number of halogens is 3. The van der Waals surface area contributed by atoms with Gasteiger partial charge in [-0.1, -0.05) is 6.07 Å². The second-order valence-corrected chi connectivity index (χ2v) is 9.60. The maximum absolute atomic E-state index is 13.9. The highest BCUT2D eigenvalue weighted by Gasteiger charge is 2.23. The highest BCUT2D eigenvalue weighted by Crippen LogP contribution is 2.26. The van der Waals surface area contributed by atoms with Crippen molar-refractivity contribution in [3.8, 4) is 0 Å². The van der Waals surface area contributed by atoms with Crippen LogP contribution < -0.4 is 4.72 Å². The van der Waals surface area contributed by atoms with Crippen molar-refractivity contribution in [1.29, 1.82) is 0 Å². The molecule has 0 spiro atoms. The maximum Gasteiger partial charge on any atom is 0.269 e. The first-order chi connectivity index (χ1) is 14.2. The highest BCUT2D eigenvalue weighted by atomic mass is 79.9. The Hall–Kier alpha value is -1.95. The molecular formula is C19H20BrF2N3O4S. The molecule has 1 aliphatic rings. The fourth-order valence-corrected chi connectivity index (χ4v) is 5.67. The molecule has 3 rings (SSSR count). The molecular weight excluding hydrogens is 484 g/mol. The van der Waals surface area contributed by atoms with Crippen LogP contribution in [0.1, 0.15) is 24.0 Å². The molecule has 0 aromatic heterocycles. The van der Waals surface area contributed by atoms with Crippen molar-refractivity contribution in [2.45, 2.75) is 30.7 Å². The van der Waals surface area contributed by atoms with E-state index in [-0.39, 0.29) is 16.7 Å². The van der Waals surface area contributed by atoms with Crippen molar-refractivity contribution in [3.05, 3.63) is 67.7 Å². The van der Waals surface area contributed by atoms with Crippen molar-refractivity contribution >= 4 is 31.6 Å². The first-order valence-electron chi connectivity index (χ1n) is 9.30. The Labute approximate surface area is 181 Å². The molecule has 0 fully saturated rings. The Morgan fingerprint density at radius 2 is 1.93 bits per heavy atom. The topological polar surface area (TPSA) is 92.6 Å². The van der Waals surface area contributed by atoms with Crippen LogP contribution in [0, 0.1) is 21.7 Å². The Morgan fingerprint density at radius 3 is 2.63 bits per heavy atom. The van der Waals surface area contributed by atoms with E-state index >= 15 is 0 Å². The number of rotatable bonds is 8. The number of hydrogen-bond acceptors (Lipinski definition) is 5. The van der Waals surface area contributed by atoms with Crippen LogP contribution in [0.2, 0.25) is 0 Å². The number of non-ortho nitro benzene ring substituents is 1. The van der Waals surface area contributed by atoms with Gasteiger partial charge >= 0.3 is 0 Å². The van der Waals surface area contributed by atoms with Crippen LogP contribution in [0.5, 0.6) is 0 Å². The van der Waals surface area contributed by atoms with Gasteiger partial charge in [-0.25, -0.2) is 21.9 Å². The van der Waals surface area contributed by atoms with Gasteiger partial charge in [0.15, 0.2) is 0 Å². The van der Waals surface area contributed by atoms with E-state index in [1.54, 1.807) is 12.1 Å². The van der Waals surface area contributed by atoms with E-state index in [1.165, 1.54) is 6.07 Å². The number of sulfonamides is 1. The van der Waals surface area contributed by atoms with Gasteiger partial charge in [-0.15, -0.1) is 0 Å². The Balaban J connectivity index is 1.49. The van der Waals surface area contributed by atoms with Crippen LogP contribution in [0.15, 0.2) is 39.7 Å². The Kier molecular flexibility index (Phi) is 7.17. The van der Waals surface area contributed by atoms with Gasteiger partial charge in [-0.3, -0.25) is 15.0 Å². The molecule has 0 bridgehead atoms. The van der Waals surface area contributed by atoms with Crippen molar-refractivity contribution in [3.63, 3.8) is 0 Å².